The molecule has 0 saturated heterocycles. The topological polar surface area (TPSA) is 81.6 Å². The Morgan fingerprint density at radius 1 is 1.53 bits per heavy atom. The summed E-state index contributed by atoms with van der Waals surface area (Å²) in [4.78, 5) is 18.8. The number of carbonyl (C=O) groups excluding carboxylic acids is 1. The van der Waals surface area contributed by atoms with Gasteiger partial charge in [-0.3, -0.25) is 4.79 Å². The number of nitrogens with one attached hydrogen (secondary N) is 2. The predicted octanol–water partition coefficient (Wildman–Crippen LogP) is 1.46. The van der Waals surface area contributed by atoms with E-state index in [9.17, 15) is 4.79 Å². The fourth-order valence-corrected chi connectivity index (χ4v) is 1.27. The van der Waals surface area contributed by atoms with Crippen LogP contribution < -0.4 is 5.32 Å². The largest absolute Gasteiger partial charge is 0.349 e. The monoisotopic (exact) mass is 232 g/mol. The van der Waals surface area contributed by atoms with E-state index in [0.29, 0.717) is 5.82 Å². The normalized spacial score (nSPS) is 11.4. The number of H-pyrrole nitrogens is 1. The van der Waals surface area contributed by atoms with Crippen LogP contribution >= 0.6 is 0 Å². The minimum atomic E-state index is -0.380. The second-order valence-corrected chi connectivity index (χ2v) is 4.13. The average Bonchev–Trinajstić information content (AvgIpc) is 2.53. The van der Waals surface area contributed by atoms with Gasteiger partial charge < -0.3 is 10.3 Å². The molecule has 0 spiro atoms. The Hall–Kier alpha value is -2.09. The number of carbonyl (C=O) groups is 1. The molecule has 0 fully saturated rings. The van der Waals surface area contributed by atoms with E-state index in [1.807, 2.05) is 33.8 Å². The Bertz CT molecular complexity index is 472. The number of amides is 1. The maximum Gasteiger partial charge on any atom is 0.262 e. The molecule has 0 aliphatic carbocycles. The van der Waals surface area contributed by atoms with Gasteiger partial charge in [-0.1, -0.05) is 0 Å². The Morgan fingerprint density at radius 3 is 2.59 bits per heavy atom. The number of aryl methyl sites for hydroxylation is 2. The van der Waals surface area contributed by atoms with E-state index in [4.69, 9.17) is 5.26 Å². The Balaban J connectivity index is 2.95. The number of aromatic amines is 1. The quantitative estimate of drug-likeness (QED) is 0.611. The molecule has 1 aromatic rings. The van der Waals surface area contributed by atoms with Gasteiger partial charge in [-0.05, 0) is 27.7 Å². The third-order valence-electron chi connectivity index (χ3n) is 2.21. The summed E-state index contributed by atoms with van der Waals surface area (Å²) in [5.74, 6) is 0.143. The standard InChI is InChI=1S/C12H16N4O/c1-7(2)14-12(17)10(6-13)5-11-15-8(3)9(4)16-11/h5,7H,1-4H3,(H,14,17)(H,15,16)/b10-5-. The lowest BCUT2D eigenvalue weighted by Gasteiger charge is -2.06. The van der Waals surface area contributed by atoms with E-state index < -0.39 is 0 Å². The van der Waals surface area contributed by atoms with Crippen molar-refractivity contribution in [2.45, 2.75) is 33.7 Å². The van der Waals surface area contributed by atoms with Crippen molar-refractivity contribution in [3.05, 3.63) is 22.8 Å². The summed E-state index contributed by atoms with van der Waals surface area (Å²) in [7, 11) is 0. The highest BCUT2D eigenvalue weighted by Crippen LogP contribution is 2.07. The van der Waals surface area contributed by atoms with Gasteiger partial charge >= 0.3 is 0 Å². The van der Waals surface area contributed by atoms with Crippen LogP contribution in [0.5, 0.6) is 0 Å². The van der Waals surface area contributed by atoms with Crippen molar-refractivity contribution in [3.8, 4) is 6.07 Å². The molecule has 1 heterocycles. The van der Waals surface area contributed by atoms with Gasteiger partial charge in [-0.15, -0.1) is 0 Å². The third-order valence-corrected chi connectivity index (χ3v) is 2.21. The van der Waals surface area contributed by atoms with Gasteiger partial charge in [-0.2, -0.15) is 5.26 Å². The molecule has 1 aromatic heterocycles. The van der Waals surface area contributed by atoms with Gasteiger partial charge in [-0.25, -0.2) is 4.98 Å². The van der Waals surface area contributed by atoms with Gasteiger partial charge in [0.15, 0.2) is 0 Å². The molecule has 2 N–H and O–H groups in total. The van der Waals surface area contributed by atoms with E-state index in [1.165, 1.54) is 6.08 Å². The number of rotatable bonds is 3. The molecule has 90 valence electrons. The molecule has 1 rings (SSSR count). The summed E-state index contributed by atoms with van der Waals surface area (Å²) in [5.41, 5.74) is 1.84. The lowest BCUT2D eigenvalue weighted by atomic mass is 10.2. The van der Waals surface area contributed by atoms with Crippen molar-refractivity contribution in [3.63, 3.8) is 0 Å². The number of imidazole rings is 1. The predicted molar refractivity (Wildman–Crippen MR) is 64.9 cm³/mol. The molecular formula is C12H16N4O. The minimum Gasteiger partial charge on any atom is -0.349 e. The smallest absolute Gasteiger partial charge is 0.262 e. The first-order valence-corrected chi connectivity index (χ1v) is 5.40. The zero-order chi connectivity index (χ0) is 13.0. The number of nitrogens with zero attached hydrogens (tertiary/aromatic N) is 2. The van der Waals surface area contributed by atoms with Gasteiger partial charge in [0, 0.05) is 17.8 Å². The van der Waals surface area contributed by atoms with Crippen LogP contribution in [0.4, 0.5) is 0 Å². The second kappa shape index (κ2) is 5.30. The highest BCUT2D eigenvalue weighted by molar-refractivity contribution is 6.01. The first-order valence-electron chi connectivity index (χ1n) is 5.40. The summed E-state index contributed by atoms with van der Waals surface area (Å²) < 4.78 is 0. The molecule has 17 heavy (non-hydrogen) atoms. The molecule has 5 heteroatoms. The highest BCUT2D eigenvalue weighted by Gasteiger charge is 2.11. The van der Waals surface area contributed by atoms with E-state index in [2.05, 4.69) is 15.3 Å². The third kappa shape index (κ3) is 3.45. The molecule has 0 saturated carbocycles. The zero-order valence-electron chi connectivity index (χ0n) is 10.5. The summed E-state index contributed by atoms with van der Waals surface area (Å²) in [6, 6.07) is 1.87. The first-order chi connectivity index (χ1) is 7.93. The highest BCUT2D eigenvalue weighted by atomic mass is 16.1. The zero-order valence-corrected chi connectivity index (χ0v) is 10.5. The number of nitriles is 1. The SMILES string of the molecule is Cc1nc(/C=C(/C#N)C(=O)NC(C)C)[nH]c1C. The Morgan fingerprint density at radius 2 is 2.18 bits per heavy atom. The van der Waals surface area contributed by atoms with Crippen LogP contribution in [0.25, 0.3) is 6.08 Å². The van der Waals surface area contributed by atoms with Gasteiger partial charge in [0.25, 0.3) is 5.91 Å². The van der Waals surface area contributed by atoms with Crippen molar-refractivity contribution in [1.82, 2.24) is 15.3 Å². The number of aromatic nitrogens is 2. The van der Waals surface area contributed by atoms with Gasteiger partial charge in [0.05, 0.1) is 5.69 Å². The summed E-state index contributed by atoms with van der Waals surface area (Å²) >= 11 is 0. The molecule has 1 amide bonds. The number of hydrogen-bond donors (Lipinski definition) is 2. The Labute approximate surface area is 101 Å². The van der Waals surface area contributed by atoms with Crippen LogP contribution in [0.15, 0.2) is 5.57 Å². The van der Waals surface area contributed by atoms with E-state index in [0.717, 1.165) is 11.4 Å². The van der Waals surface area contributed by atoms with Crippen molar-refractivity contribution in [2.75, 3.05) is 0 Å². The number of hydrogen-bond acceptors (Lipinski definition) is 3. The lowest BCUT2D eigenvalue weighted by molar-refractivity contribution is -0.117. The molecule has 0 aromatic carbocycles. The van der Waals surface area contributed by atoms with E-state index in [1.54, 1.807) is 0 Å². The first kappa shape index (κ1) is 13.0. The van der Waals surface area contributed by atoms with Crippen LogP contribution in [0.3, 0.4) is 0 Å². The molecule has 0 unspecified atom stereocenters. The fraction of sp³-hybridized carbons (Fsp3) is 0.417. The lowest BCUT2D eigenvalue weighted by Crippen LogP contribution is -2.30. The van der Waals surface area contributed by atoms with Crippen molar-refractivity contribution in [1.29, 1.82) is 5.26 Å². The second-order valence-electron chi connectivity index (χ2n) is 4.13. The van der Waals surface area contributed by atoms with Crippen LogP contribution in [0.1, 0.15) is 31.1 Å². The van der Waals surface area contributed by atoms with Crippen molar-refractivity contribution in [2.24, 2.45) is 0 Å². The molecule has 0 aliphatic heterocycles. The minimum absolute atomic E-state index is 0.000627. The van der Waals surface area contributed by atoms with Gasteiger partial charge in [0.1, 0.15) is 17.5 Å². The summed E-state index contributed by atoms with van der Waals surface area (Å²) in [6.07, 6.45) is 1.46. The van der Waals surface area contributed by atoms with Crippen LogP contribution in [0, 0.1) is 25.2 Å². The van der Waals surface area contributed by atoms with E-state index >= 15 is 0 Å². The van der Waals surface area contributed by atoms with E-state index in [-0.39, 0.29) is 17.5 Å². The van der Waals surface area contributed by atoms with Crippen LogP contribution in [-0.2, 0) is 4.79 Å². The fourth-order valence-electron chi connectivity index (χ4n) is 1.27. The average molecular weight is 232 g/mol. The molecule has 0 bridgehead atoms. The molecule has 0 radical (unpaired) electrons. The maximum absolute atomic E-state index is 11.6. The summed E-state index contributed by atoms with van der Waals surface area (Å²) in [5, 5.41) is 11.6. The van der Waals surface area contributed by atoms with Crippen molar-refractivity contribution >= 4 is 12.0 Å². The van der Waals surface area contributed by atoms with Crippen molar-refractivity contribution < 1.29 is 4.79 Å². The molecular weight excluding hydrogens is 216 g/mol. The molecule has 0 atom stereocenters. The van der Waals surface area contributed by atoms with Crippen LogP contribution in [-0.4, -0.2) is 21.9 Å². The molecule has 5 nitrogen and oxygen atoms in total. The Kier molecular flexibility index (Phi) is 4.05. The maximum atomic E-state index is 11.6. The summed E-state index contributed by atoms with van der Waals surface area (Å²) in [6.45, 7) is 7.44. The van der Waals surface area contributed by atoms with Gasteiger partial charge in [0.2, 0.25) is 0 Å². The molecule has 0 aliphatic rings. The van der Waals surface area contributed by atoms with Crippen LogP contribution in [0.2, 0.25) is 0 Å².